The SMILES string of the molecule is CN(c1nc2cc(C#Cc3ccc(-c4ccc(Cl)cc4)cn3)ccc2n1C)C1CC1. The fourth-order valence-corrected chi connectivity index (χ4v) is 3.75. The first-order valence-electron chi connectivity index (χ1n) is 10.0. The van der Waals surface area contributed by atoms with Crippen molar-refractivity contribution in [3.8, 4) is 23.0 Å². The lowest BCUT2D eigenvalue weighted by Crippen LogP contribution is -2.22. The van der Waals surface area contributed by atoms with E-state index in [-0.39, 0.29) is 0 Å². The van der Waals surface area contributed by atoms with Crippen molar-refractivity contribution in [1.29, 1.82) is 0 Å². The summed E-state index contributed by atoms with van der Waals surface area (Å²) < 4.78 is 2.15. The van der Waals surface area contributed by atoms with E-state index in [1.165, 1.54) is 12.8 Å². The van der Waals surface area contributed by atoms with Gasteiger partial charge in [0.1, 0.15) is 5.69 Å². The van der Waals surface area contributed by atoms with Crippen LogP contribution in [-0.4, -0.2) is 27.6 Å². The van der Waals surface area contributed by atoms with Gasteiger partial charge in [-0.1, -0.05) is 35.7 Å². The van der Waals surface area contributed by atoms with Gasteiger partial charge in [0.05, 0.1) is 11.0 Å². The fraction of sp³-hybridized carbons (Fsp3) is 0.200. The summed E-state index contributed by atoms with van der Waals surface area (Å²) in [6.07, 6.45) is 4.34. The zero-order valence-electron chi connectivity index (χ0n) is 16.9. The molecular weight excluding hydrogens is 392 g/mol. The molecule has 2 heterocycles. The van der Waals surface area contributed by atoms with Crippen LogP contribution in [0.25, 0.3) is 22.2 Å². The van der Waals surface area contributed by atoms with Crippen molar-refractivity contribution in [2.24, 2.45) is 7.05 Å². The van der Waals surface area contributed by atoms with Gasteiger partial charge in [0.2, 0.25) is 5.95 Å². The van der Waals surface area contributed by atoms with Gasteiger partial charge in [-0.25, -0.2) is 9.97 Å². The zero-order valence-corrected chi connectivity index (χ0v) is 17.7. The van der Waals surface area contributed by atoms with Crippen LogP contribution in [0.5, 0.6) is 0 Å². The molecule has 1 saturated carbocycles. The number of hydrogen-bond donors (Lipinski definition) is 0. The van der Waals surface area contributed by atoms with Crippen LogP contribution in [-0.2, 0) is 7.05 Å². The van der Waals surface area contributed by atoms with E-state index in [1.54, 1.807) is 0 Å². The first-order chi connectivity index (χ1) is 14.6. The molecule has 1 aliphatic carbocycles. The molecule has 2 aromatic heterocycles. The summed E-state index contributed by atoms with van der Waals surface area (Å²) in [4.78, 5) is 11.6. The quantitative estimate of drug-likeness (QED) is 0.429. The predicted molar refractivity (Wildman–Crippen MR) is 123 cm³/mol. The van der Waals surface area contributed by atoms with Crippen LogP contribution in [0, 0.1) is 11.8 Å². The molecule has 0 amide bonds. The smallest absolute Gasteiger partial charge is 0.206 e. The predicted octanol–water partition coefficient (Wildman–Crippen LogP) is 5.29. The molecule has 0 radical (unpaired) electrons. The summed E-state index contributed by atoms with van der Waals surface area (Å²) in [5.41, 5.74) is 5.89. The summed E-state index contributed by atoms with van der Waals surface area (Å²) in [6.45, 7) is 0. The lowest BCUT2D eigenvalue weighted by atomic mass is 10.1. The highest BCUT2D eigenvalue weighted by Gasteiger charge is 2.29. The van der Waals surface area contributed by atoms with E-state index >= 15 is 0 Å². The van der Waals surface area contributed by atoms with Gasteiger partial charge in [-0.15, -0.1) is 0 Å². The number of aromatic nitrogens is 3. The Morgan fingerprint density at radius 1 is 1.00 bits per heavy atom. The fourth-order valence-electron chi connectivity index (χ4n) is 3.62. The molecule has 4 nitrogen and oxygen atoms in total. The lowest BCUT2D eigenvalue weighted by molar-refractivity contribution is 0.814. The van der Waals surface area contributed by atoms with E-state index in [0.717, 1.165) is 44.4 Å². The minimum Gasteiger partial charge on any atom is -0.342 e. The van der Waals surface area contributed by atoms with E-state index in [0.29, 0.717) is 6.04 Å². The minimum absolute atomic E-state index is 0.627. The van der Waals surface area contributed by atoms with Crippen molar-refractivity contribution in [3.05, 3.63) is 77.1 Å². The first-order valence-corrected chi connectivity index (χ1v) is 10.4. The van der Waals surface area contributed by atoms with Crippen molar-refractivity contribution in [3.63, 3.8) is 0 Å². The van der Waals surface area contributed by atoms with E-state index in [4.69, 9.17) is 16.6 Å². The Bertz CT molecular complexity index is 1270. The van der Waals surface area contributed by atoms with Gasteiger partial charge < -0.3 is 9.47 Å². The van der Waals surface area contributed by atoms with Crippen molar-refractivity contribution in [2.45, 2.75) is 18.9 Å². The summed E-state index contributed by atoms with van der Waals surface area (Å²) in [6, 6.07) is 18.5. The van der Waals surface area contributed by atoms with Gasteiger partial charge in [0.25, 0.3) is 0 Å². The molecule has 4 aromatic rings. The maximum Gasteiger partial charge on any atom is 0.206 e. The van der Waals surface area contributed by atoms with Crippen molar-refractivity contribution in [1.82, 2.24) is 14.5 Å². The number of halogens is 1. The van der Waals surface area contributed by atoms with Gasteiger partial charge in [0.15, 0.2) is 0 Å². The van der Waals surface area contributed by atoms with E-state index in [2.05, 4.69) is 52.5 Å². The summed E-state index contributed by atoms with van der Waals surface area (Å²) in [5, 5.41) is 0.727. The summed E-state index contributed by atoms with van der Waals surface area (Å²) >= 11 is 5.96. The molecule has 2 aromatic carbocycles. The molecule has 30 heavy (non-hydrogen) atoms. The number of rotatable bonds is 3. The topological polar surface area (TPSA) is 34.0 Å². The van der Waals surface area contributed by atoms with Crippen LogP contribution in [0.1, 0.15) is 24.1 Å². The third kappa shape index (κ3) is 3.65. The highest BCUT2D eigenvalue weighted by molar-refractivity contribution is 6.30. The van der Waals surface area contributed by atoms with E-state index in [9.17, 15) is 0 Å². The molecule has 1 fully saturated rings. The number of pyridine rings is 1. The molecule has 0 bridgehead atoms. The average molecular weight is 413 g/mol. The van der Waals surface area contributed by atoms with Gasteiger partial charge in [0, 0.05) is 42.5 Å². The maximum atomic E-state index is 5.96. The van der Waals surface area contributed by atoms with Crippen molar-refractivity contribution < 1.29 is 0 Å². The second-order valence-electron chi connectivity index (χ2n) is 7.71. The third-order valence-corrected chi connectivity index (χ3v) is 5.80. The normalized spacial score (nSPS) is 13.2. The van der Waals surface area contributed by atoms with E-state index < -0.39 is 0 Å². The Kier molecular flexibility index (Phi) is 4.69. The standard InChI is InChI=1S/C25H21ClN4/c1-29(22-12-13-22)25-28-23-15-17(4-14-24(23)30(25)2)3-10-21-11-7-19(16-27-21)18-5-8-20(26)9-6-18/h4-9,11,14-16,22H,12-13H2,1-2H3. The van der Waals surface area contributed by atoms with Crippen molar-refractivity contribution >= 4 is 28.6 Å². The Balaban J connectivity index is 1.38. The monoisotopic (exact) mass is 412 g/mol. The molecular formula is C25H21ClN4. The Morgan fingerprint density at radius 2 is 1.77 bits per heavy atom. The number of imidazole rings is 1. The minimum atomic E-state index is 0.627. The van der Waals surface area contributed by atoms with E-state index in [1.807, 2.05) is 48.7 Å². The second kappa shape index (κ2) is 7.51. The number of benzene rings is 2. The van der Waals surface area contributed by atoms with Crippen LogP contribution < -0.4 is 4.90 Å². The first kappa shape index (κ1) is 18.7. The van der Waals surface area contributed by atoms with Gasteiger partial charge >= 0.3 is 0 Å². The van der Waals surface area contributed by atoms with Crippen LogP contribution in [0.15, 0.2) is 60.8 Å². The van der Waals surface area contributed by atoms with Crippen LogP contribution in [0.3, 0.4) is 0 Å². The molecule has 0 spiro atoms. The third-order valence-electron chi connectivity index (χ3n) is 5.54. The largest absolute Gasteiger partial charge is 0.342 e. The summed E-state index contributed by atoms with van der Waals surface area (Å²) in [5.74, 6) is 7.39. The molecule has 0 atom stereocenters. The molecule has 0 unspecified atom stereocenters. The number of hydrogen-bond acceptors (Lipinski definition) is 3. The number of nitrogens with zero attached hydrogens (tertiary/aromatic N) is 4. The highest BCUT2D eigenvalue weighted by atomic mass is 35.5. The van der Waals surface area contributed by atoms with Gasteiger partial charge in [-0.3, -0.25) is 0 Å². The molecule has 5 rings (SSSR count). The molecule has 148 valence electrons. The molecule has 5 heteroatoms. The van der Waals surface area contributed by atoms with Crippen LogP contribution >= 0.6 is 11.6 Å². The highest BCUT2D eigenvalue weighted by Crippen LogP contribution is 2.31. The van der Waals surface area contributed by atoms with Crippen molar-refractivity contribution in [2.75, 3.05) is 11.9 Å². The molecule has 0 aliphatic heterocycles. The second-order valence-corrected chi connectivity index (χ2v) is 8.14. The van der Waals surface area contributed by atoms with Gasteiger partial charge in [-0.2, -0.15) is 0 Å². The molecule has 0 N–H and O–H groups in total. The Labute approximate surface area is 181 Å². The van der Waals surface area contributed by atoms with Gasteiger partial charge in [-0.05, 0) is 60.7 Å². The molecule has 0 saturated heterocycles. The average Bonchev–Trinajstić information content (AvgIpc) is 3.57. The van der Waals surface area contributed by atoms with Crippen LogP contribution in [0.4, 0.5) is 5.95 Å². The summed E-state index contributed by atoms with van der Waals surface area (Å²) in [7, 11) is 4.19. The lowest BCUT2D eigenvalue weighted by Gasteiger charge is -2.16. The number of aryl methyl sites for hydroxylation is 1. The maximum absolute atomic E-state index is 5.96. The Hall–Kier alpha value is -3.29. The van der Waals surface area contributed by atoms with Crippen LogP contribution in [0.2, 0.25) is 5.02 Å². The number of anilines is 1. The zero-order chi connectivity index (χ0) is 20.7. The Morgan fingerprint density at radius 3 is 2.47 bits per heavy atom. The molecule has 1 aliphatic rings. The number of fused-ring (bicyclic) bond motifs is 1.